The number of nitrogens with zero attached hydrogens (tertiary/aromatic N) is 3. The van der Waals surface area contributed by atoms with Crippen LogP contribution in [-0.4, -0.2) is 14.8 Å². The number of aromatic nitrogens is 3. The van der Waals surface area contributed by atoms with Gasteiger partial charge in [0.2, 0.25) is 0 Å². The van der Waals surface area contributed by atoms with E-state index in [1.165, 1.54) is 0 Å². The Kier molecular flexibility index (Phi) is 3.07. The van der Waals surface area contributed by atoms with Crippen molar-refractivity contribution in [3.05, 3.63) is 12.2 Å². The predicted octanol–water partition coefficient (Wildman–Crippen LogP) is 2.28. The van der Waals surface area contributed by atoms with Gasteiger partial charge in [-0.1, -0.05) is 27.7 Å². The van der Waals surface area contributed by atoms with Crippen molar-refractivity contribution >= 4 is 0 Å². The summed E-state index contributed by atoms with van der Waals surface area (Å²) in [6.07, 6.45) is 3.88. The van der Waals surface area contributed by atoms with Crippen LogP contribution in [-0.2, 0) is 13.0 Å². The third-order valence-corrected chi connectivity index (χ3v) is 1.73. The third kappa shape index (κ3) is 3.57. The fourth-order valence-corrected chi connectivity index (χ4v) is 1.23. The van der Waals surface area contributed by atoms with E-state index in [-0.39, 0.29) is 5.41 Å². The van der Waals surface area contributed by atoms with Crippen molar-refractivity contribution in [1.82, 2.24) is 14.8 Å². The highest BCUT2D eigenvalue weighted by Crippen LogP contribution is 2.17. The van der Waals surface area contributed by atoms with E-state index in [2.05, 4.69) is 37.8 Å². The lowest BCUT2D eigenvalue weighted by Crippen LogP contribution is -2.11. The lowest BCUT2D eigenvalue weighted by molar-refractivity contribution is 0.399. The molecule has 3 nitrogen and oxygen atoms in total. The molecule has 13 heavy (non-hydrogen) atoms. The van der Waals surface area contributed by atoms with E-state index in [1.807, 2.05) is 11.0 Å². The Morgan fingerprint density at radius 1 is 1.38 bits per heavy atom. The first-order valence-corrected chi connectivity index (χ1v) is 4.89. The highest BCUT2D eigenvalue weighted by Gasteiger charge is 2.13. The van der Waals surface area contributed by atoms with E-state index in [0.29, 0.717) is 0 Å². The minimum absolute atomic E-state index is 0.276. The summed E-state index contributed by atoms with van der Waals surface area (Å²) in [7, 11) is 0. The van der Waals surface area contributed by atoms with E-state index >= 15 is 0 Å². The van der Waals surface area contributed by atoms with Crippen molar-refractivity contribution in [3.8, 4) is 0 Å². The second-order valence-corrected chi connectivity index (χ2v) is 4.66. The first-order chi connectivity index (χ1) is 6.01. The van der Waals surface area contributed by atoms with E-state index in [0.717, 1.165) is 25.2 Å². The molecule has 3 heteroatoms. The standard InChI is InChI=1S/C10H19N3/c1-5-6-13-8-11-9(12-13)7-10(2,3)4/h8H,5-7H2,1-4H3. The minimum Gasteiger partial charge on any atom is -0.253 e. The van der Waals surface area contributed by atoms with E-state index in [1.54, 1.807) is 0 Å². The van der Waals surface area contributed by atoms with E-state index < -0.39 is 0 Å². The lowest BCUT2D eigenvalue weighted by atomic mass is 9.92. The van der Waals surface area contributed by atoms with Crippen LogP contribution in [0.25, 0.3) is 0 Å². The van der Waals surface area contributed by atoms with Gasteiger partial charge in [0, 0.05) is 13.0 Å². The van der Waals surface area contributed by atoms with Crippen molar-refractivity contribution in [3.63, 3.8) is 0 Å². The highest BCUT2D eigenvalue weighted by atomic mass is 15.3. The van der Waals surface area contributed by atoms with Gasteiger partial charge < -0.3 is 0 Å². The van der Waals surface area contributed by atoms with Crippen molar-refractivity contribution in [2.24, 2.45) is 5.41 Å². The van der Waals surface area contributed by atoms with Gasteiger partial charge in [-0.3, -0.25) is 4.68 Å². The molecule has 0 saturated heterocycles. The molecular weight excluding hydrogens is 162 g/mol. The van der Waals surface area contributed by atoms with Crippen molar-refractivity contribution < 1.29 is 0 Å². The average molecular weight is 181 g/mol. The second-order valence-electron chi connectivity index (χ2n) is 4.66. The second kappa shape index (κ2) is 3.90. The van der Waals surface area contributed by atoms with Crippen LogP contribution in [0.15, 0.2) is 6.33 Å². The molecule has 0 aliphatic carbocycles. The van der Waals surface area contributed by atoms with Gasteiger partial charge >= 0.3 is 0 Å². The van der Waals surface area contributed by atoms with Crippen LogP contribution in [0.5, 0.6) is 0 Å². The number of hydrogen-bond acceptors (Lipinski definition) is 2. The topological polar surface area (TPSA) is 30.7 Å². The summed E-state index contributed by atoms with van der Waals surface area (Å²) < 4.78 is 1.92. The normalized spacial score (nSPS) is 12.0. The molecule has 0 saturated carbocycles. The van der Waals surface area contributed by atoms with Gasteiger partial charge in [-0.25, -0.2) is 4.98 Å². The Hall–Kier alpha value is -0.860. The summed E-state index contributed by atoms with van der Waals surface area (Å²) in [5.74, 6) is 0.959. The van der Waals surface area contributed by atoms with Gasteiger partial charge in [0.25, 0.3) is 0 Å². The Bertz CT molecular complexity index is 257. The maximum absolute atomic E-state index is 4.39. The average Bonchev–Trinajstić information content (AvgIpc) is 2.33. The maximum atomic E-state index is 4.39. The van der Waals surface area contributed by atoms with Gasteiger partial charge in [0.05, 0.1) is 0 Å². The van der Waals surface area contributed by atoms with Gasteiger partial charge in [-0.15, -0.1) is 0 Å². The molecule has 0 bridgehead atoms. The van der Waals surface area contributed by atoms with E-state index in [9.17, 15) is 0 Å². The molecule has 1 heterocycles. The summed E-state index contributed by atoms with van der Waals surface area (Å²) in [6.45, 7) is 9.72. The van der Waals surface area contributed by atoms with Gasteiger partial charge in [-0.2, -0.15) is 5.10 Å². The fraction of sp³-hybridized carbons (Fsp3) is 0.800. The molecule has 0 aromatic carbocycles. The first-order valence-electron chi connectivity index (χ1n) is 4.89. The van der Waals surface area contributed by atoms with Gasteiger partial charge in [0.15, 0.2) is 5.82 Å². The van der Waals surface area contributed by atoms with Gasteiger partial charge in [0.1, 0.15) is 6.33 Å². The monoisotopic (exact) mass is 181 g/mol. The summed E-state index contributed by atoms with van der Waals surface area (Å²) in [6, 6.07) is 0. The van der Waals surface area contributed by atoms with Crippen LogP contribution in [0.4, 0.5) is 0 Å². The van der Waals surface area contributed by atoms with Crippen LogP contribution < -0.4 is 0 Å². The molecule has 0 atom stereocenters. The maximum Gasteiger partial charge on any atom is 0.151 e. The molecular formula is C10H19N3. The lowest BCUT2D eigenvalue weighted by Gasteiger charge is -2.14. The van der Waals surface area contributed by atoms with E-state index in [4.69, 9.17) is 0 Å². The predicted molar refractivity (Wildman–Crippen MR) is 53.5 cm³/mol. The van der Waals surface area contributed by atoms with Crippen LogP contribution in [0.3, 0.4) is 0 Å². The molecule has 0 aliphatic rings. The Morgan fingerprint density at radius 3 is 2.62 bits per heavy atom. The van der Waals surface area contributed by atoms with Gasteiger partial charge in [-0.05, 0) is 11.8 Å². The molecule has 1 rings (SSSR count). The summed E-state index contributed by atoms with van der Waals surface area (Å²) in [5.41, 5.74) is 0.276. The molecule has 0 aliphatic heterocycles. The smallest absolute Gasteiger partial charge is 0.151 e. The van der Waals surface area contributed by atoms with Crippen LogP contribution in [0.2, 0.25) is 0 Å². The summed E-state index contributed by atoms with van der Waals surface area (Å²) in [4.78, 5) is 4.27. The number of hydrogen-bond donors (Lipinski definition) is 0. The zero-order valence-electron chi connectivity index (χ0n) is 9.04. The van der Waals surface area contributed by atoms with Crippen LogP contribution in [0, 0.1) is 5.41 Å². The van der Waals surface area contributed by atoms with Crippen LogP contribution in [0.1, 0.15) is 39.9 Å². The van der Waals surface area contributed by atoms with Crippen molar-refractivity contribution in [1.29, 1.82) is 0 Å². The summed E-state index contributed by atoms with van der Waals surface area (Å²) >= 11 is 0. The molecule has 0 amide bonds. The quantitative estimate of drug-likeness (QED) is 0.716. The molecule has 1 aromatic rings. The Labute approximate surface area is 80.2 Å². The Balaban J connectivity index is 2.59. The fourth-order valence-electron chi connectivity index (χ4n) is 1.23. The first kappa shape index (κ1) is 10.2. The number of aryl methyl sites for hydroxylation is 1. The zero-order chi connectivity index (χ0) is 9.90. The molecule has 0 spiro atoms. The van der Waals surface area contributed by atoms with Crippen molar-refractivity contribution in [2.45, 2.75) is 47.1 Å². The molecule has 1 aromatic heterocycles. The SMILES string of the molecule is CCCn1cnc(CC(C)(C)C)n1. The largest absolute Gasteiger partial charge is 0.253 e. The molecule has 0 N–H and O–H groups in total. The molecule has 0 unspecified atom stereocenters. The number of rotatable bonds is 3. The molecule has 0 fully saturated rings. The van der Waals surface area contributed by atoms with Crippen molar-refractivity contribution in [2.75, 3.05) is 0 Å². The third-order valence-electron chi connectivity index (χ3n) is 1.73. The summed E-state index contributed by atoms with van der Waals surface area (Å²) in [5, 5.41) is 4.39. The molecule has 0 radical (unpaired) electrons. The zero-order valence-corrected chi connectivity index (χ0v) is 9.04. The van der Waals surface area contributed by atoms with Crippen LogP contribution >= 0.6 is 0 Å². The Morgan fingerprint density at radius 2 is 2.08 bits per heavy atom. The highest BCUT2D eigenvalue weighted by molar-refractivity contribution is 4.86. The molecule has 74 valence electrons. The minimum atomic E-state index is 0.276.